The lowest BCUT2D eigenvalue weighted by Gasteiger charge is -2.08. The van der Waals surface area contributed by atoms with Crippen molar-refractivity contribution >= 4 is 194 Å². The number of hydrogen-bond donors (Lipinski definition) is 0. The fraction of sp³-hybridized carbons (Fsp3) is 0.0357. The Balaban J connectivity index is 0.0000000938. The number of rotatable bonds is 6. The summed E-state index contributed by atoms with van der Waals surface area (Å²) in [6.07, 6.45) is 0. The maximum absolute atomic E-state index is 6.08. The zero-order valence-corrected chi connectivity index (χ0v) is 68.0. The van der Waals surface area contributed by atoms with Crippen molar-refractivity contribution in [1.82, 2.24) is 18.3 Å². The third-order valence-corrected chi connectivity index (χ3v) is 26.5. The molecule has 0 aliphatic heterocycles. The minimum absolute atomic E-state index is 0.931. The van der Waals surface area contributed by atoms with Gasteiger partial charge in [-0.2, -0.15) is 0 Å². The zero-order chi connectivity index (χ0) is 79.8. The summed E-state index contributed by atoms with van der Waals surface area (Å²) in [7, 11) is 0. The van der Waals surface area contributed by atoms with E-state index in [2.05, 4.69) is 434 Å². The lowest BCUT2D eigenvalue weighted by atomic mass is 10.0. The van der Waals surface area contributed by atoms with Gasteiger partial charge in [-0.05, 0) is 244 Å². The monoisotopic (exact) mass is 1570 g/mol. The summed E-state index contributed by atoms with van der Waals surface area (Å²) >= 11 is 3.75. The van der Waals surface area contributed by atoms with Gasteiger partial charge in [0.05, 0.1) is 44.1 Å². The van der Waals surface area contributed by atoms with Crippen molar-refractivity contribution in [3.63, 3.8) is 0 Å². The molecule has 8 aromatic heterocycles. The van der Waals surface area contributed by atoms with E-state index in [1.807, 2.05) is 22.7 Å². The SMILES string of the molecule is Cc1ccc2oc3ccc(-c4ccc5c(c4)c4ccccc4n5-c4ccccc4)cc3c2c1.Cc1ccc2oc3ccc(-n4c5ccccc5c5ccccc54)cc3c2c1.Cc1ccc2sc3ccc(-c4ccc5c(c4)c4ccccc4n5-c4ccccc4)cc3c2c1.Cc1ccc2sc3ccc(-n4c5ccccc5c5ccccc54)cc3c2c1. The van der Waals surface area contributed by atoms with Gasteiger partial charge >= 0.3 is 0 Å². The van der Waals surface area contributed by atoms with Crippen LogP contribution in [0.15, 0.2) is 397 Å². The van der Waals surface area contributed by atoms with Crippen molar-refractivity contribution in [2.75, 3.05) is 0 Å². The summed E-state index contributed by atoms with van der Waals surface area (Å²) in [5.41, 5.74) is 28.4. The molecule has 8 heterocycles. The maximum atomic E-state index is 6.08. The summed E-state index contributed by atoms with van der Waals surface area (Å²) in [4.78, 5) is 0. The van der Waals surface area contributed by atoms with Gasteiger partial charge in [0, 0.05) is 128 Å². The van der Waals surface area contributed by atoms with E-state index in [0.717, 1.165) is 38.8 Å². The molecule has 26 rings (SSSR count). The molecule has 6 nitrogen and oxygen atoms in total. The smallest absolute Gasteiger partial charge is 0.135 e. The Morgan fingerprint density at radius 2 is 0.400 bits per heavy atom. The van der Waals surface area contributed by atoms with Gasteiger partial charge in [-0.3, -0.25) is 0 Å². The molecule has 0 bridgehead atoms. The van der Waals surface area contributed by atoms with E-state index in [-0.39, 0.29) is 0 Å². The largest absolute Gasteiger partial charge is 0.456 e. The topological polar surface area (TPSA) is 46.0 Å². The Labute approximate surface area is 699 Å². The molecule has 0 N–H and O–H groups in total. The third kappa shape index (κ3) is 11.9. The van der Waals surface area contributed by atoms with Crippen LogP contribution in [0.4, 0.5) is 0 Å². The molecule has 0 aliphatic carbocycles. The van der Waals surface area contributed by atoms with Crippen molar-refractivity contribution in [2.24, 2.45) is 0 Å². The second-order valence-electron chi connectivity index (χ2n) is 31.8. The van der Waals surface area contributed by atoms with Gasteiger partial charge in [-0.25, -0.2) is 0 Å². The summed E-state index contributed by atoms with van der Waals surface area (Å²) in [5.74, 6) is 0. The van der Waals surface area contributed by atoms with E-state index < -0.39 is 0 Å². The average molecular weight is 1570 g/mol. The minimum Gasteiger partial charge on any atom is -0.456 e. The molecule has 0 fully saturated rings. The molecular formula is C112H76N4O2S2. The average Bonchev–Trinajstić information content (AvgIpc) is 1.61. The highest BCUT2D eigenvalue weighted by atomic mass is 32.1. The Morgan fingerprint density at radius 3 is 0.808 bits per heavy atom. The van der Waals surface area contributed by atoms with Gasteiger partial charge in [0.2, 0.25) is 0 Å². The highest BCUT2D eigenvalue weighted by Crippen LogP contribution is 2.45. The number of aryl methyl sites for hydroxylation is 4. The number of benzene rings is 18. The second-order valence-corrected chi connectivity index (χ2v) is 33.9. The molecule has 0 aliphatic rings. The van der Waals surface area contributed by atoms with E-state index in [0.29, 0.717) is 0 Å². The van der Waals surface area contributed by atoms with Gasteiger partial charge in [0.25, 0.3) is 0 Å². The first-order chi connectivity index (χ1) is 59.1. The molecule has 8 heteroatoms. The van der Waals surface area contributed by atoms with Gasteiger partial charge in [0.1, 0.15) is 22.3 Å². The van der Waals surface area contributed by atoms with Crippen LogP contribution in [0.5, 0.6) is 0 Å². The second kappa shape index (κ2) is 28.5. The summed E-state index contributed by atoms with van der Waals surface area (Å²) in [5, 5.41) is 20.4. The van der Waals surface area contributed by atoms with E-state index in [9.17, 15) is 0 Å². The van der Waals surface area contributed by atoms with Gasteiger partial charge < -0.3 is 27.1 Å². The lowest BCUT2D eigenvalue weighted by molar-refractivity contribution is 0.668. The highest BCUT2D eigenvalue weighted by molar-refractivity contribution is 7.26. The minimum atomic E-state index is 0.931. The molecule has 0 amide bonds. The van der Waals surface area contributed by atoms with E-state index >= 15 is 0 Å². The first-order valence-electron chi connectivity index (χ1n) is 41.0. The Bertz CT molecular complexity index is 8000. The fourth-order valence-corrected chi connectivity index (χ4v) is 20.7. The van der Waals surface area contributed by atoms with Crippen molar-refractivity contribution in [3.8, 4) is 45.0 Å². The highest BCUT2D eigenvalue weighted by Gasteiger charge is 2.21. The third-order valence-electron chi connectivity index (χ3n) is 24.2. The van der Waals surface area contributed by atoms with Gasteiger partial charge in [-0.1, -0.05) is 216 Å². The van der Waals surface area contributed by atoms with Crippen LogP contribution >= 0.6 is 22.7 Å². The number of furan rings is 2. The van der Waals surface area contributed by atoms with Crippen molar-refractivity contribution in [2.45, 2.75) is 27.7 Å². The molecule has 18 aromatic carbocycles. The molecule has 0 saturated heterocycles. The normalized spacial score (nSPS) is 11.8. The number of thiophene rings is 2. The van der Waals surface area contributed by atoms with Crippen LogP contribution in [0.3, 0.4) is 0 Å². The molecule has 568 valence electrons. The van der Waals surface area contributed by atoms with Crippen LogP contribution in [0.2, 0.25) is 0 Å². The Morgan fingerprint density at radius 1 is 0.167 bits per heavy atom. The molecular weight excluding hydrogens is 1500 g/mol. The van der Waals surface area contributed by atoms with E-state index in [1.54, 1.807) is 0 Å². The fourth-order valence-electron chi connectivity index (χ4n) is 18.6. The molecule has 0 radical (unpaired) electrons. The van der Waals surface area contributed by atoms with Gasteiger partial charge in [0.15, 0.2) is 0 Å². The van der Waals surface area contributed by atoms with Crippen molar-refractivity contribution in [3.05, 3.63) is 411 Å². The lowest BCUT2D eigenvalue weighted by Crippen LogP contribution is -1.93. The van der Waals surface area contributed by atoms with Crippen LogP contribution in [0.25, 0.3) is 216 Å². The number of para-hydroxylation sites is 8. The van der Waals surface area contributed by atoms with Crippen molar-refractivity contribution < 1.29 is 8.83 Å². The summed E-state index contributed by atoms with van der Waals surface area (Å²) in [6, 6.07) is 140. The van der Waals surface area contributed by atoms with Crippen molar-refractivity contribution in [1.29, 1.82) is 0 Å². The molecule has 26 aromatic rings. The molecule has 0 atom stereocenters. The first-order valence-corrected chi connectivity index (χ1v) is 42.6. The standard InChI is InChI=1S/C31H21NO.C31H21NS.C25H17NO.C25H17NS/c2*1-20-11-15-30-26(17-20)27-19-22(13-16-31(27)33-30)21-12-14-29-25(18-21)24-9-5-6-10-28(24)32(29)23-7-3-2-4-8-23;2*1-16-10-12-24-20(14-16)21-15-17(11-13-25(21)27-24)26-22-8-4-2-6-18(22)19-7-3-5-9-23(19)26/h2*2-19H,1H3;2*2-15H,1H3. The molecule has 0 saturated carbocycles. The Kier molecular flexibility index (Phi) is 16.8. The zero-order valence-electron chi connectivity index (χ0n) is 66.4. The number of nitrogens with zero attached hydrogens (tertiary/aromatic N) is 4. The van der Waals surface area contributed by atoms with Crippen LogP contribution in [0.1, 0.15) is 22.3 Å². The van der Waals surface area contributed by atoms with E-state index in [4.69, 9.17) is 8.83 Å². The predicted octanol–water partition coefficient (Wildman–Crippen LogP) is 32.2. The van der Waals surface area contributed by atoms with E-state index in [1.165, 1.54) is 200 Å². The molecule has 120 heavy (non-hydrogen) atoms. The summed E-state index contributed by atoms with van der Waals surface area (Å²) in [6.45, 7) is 8.58. The number of fused-ring (bicyclic) bond motifs is 24. The first kappa shape index (κ1) is 70.6. The predicted molar refractivity (Wildman–Crippen MR) is 513 cm³/mol. The quantitative estimate of drug-likeness (QED) is 0.167. The van der Waals surface area contributed by atoms with Crippen LogP contribution in [-0.2, 0) is 0 Å². The molecule has 0 spiro atoms. The van der Waals surface area contributed by atoms with Crippen LogP contribution < -0.4 is 0 Å². The number of aromatic nitrogens is 4. The molecule has 0 unspecified atom stereocenters. The number of hydrogen-bond acceptors (Lipinski definition) is 4. The van der Waals surface area contributed by atoms with Gasteiger partial charge in [-0.15, -0.1) is 22.7 Å². The van der Waals surface area contributed by atoms with Crippen LogP contribution in [-0.4, -0.2) is 18.3 Å². The van der Waals surface area contributed by atoms with Crippen LogP contribution in [0, 0.1) is 27.7 Å². The Hall–Kier alpha value is -14.8. The summed E-state index contributed by atoms with van der Waals surface area (Å²) < 4.78 is 27.0. The maximum Gasteiger partial charge on any atom is 0.135 e.